The summed E-state index contributed by atoms with van der Waals surface area (Å²) in [5, 5.41) is 3.78. The fraction of sp³-hybridized carbons (Fsp3) is 0.387. The average Bonchev–Trinajstić information content (AvgIpc) is 3.27. The Morgan fingerprint density at radius 1 is 1.00 bits per heavy atom. The van der Waals surface area contributed by atoms with Crippen LogP contribution >= 0.6 is 11.6 Å². The van der Waals surface area contributed by atoms with E-state index in [9.17, 15) is 13.2 Å². The molecule has 0 bridgehead atoms. The lowest BCUT2D eigenvalue weighted by Crippen LogP contribution is -2.46. The molecule has 2 aliphatic heterocycles. The van der Waals surface area contributed by atoms with Gasteiger partial charge < -0.3 is 10.2 Å². The molecule has 0 aromatic heterocycles. The van der Waals surface area contributed by atoms with Crippen molar-refractivity contribution in [1.82, 2.24) is 14.5 Å². The molecule has 2 saturated heterocycles. The molecule has 1 spiro atoms. The Morgan fingerprint density at radius 2 is 1.67 bits per heavy atom. The summed E-state index contributed by atoms with van der Waals surface area (Å²) in [4.78, 5) is 15.8. The summed E-state index contributed by atoms with van der Waals surface area (Å²) in [7, 11) is -1.96. The summed E-state index contributed by atoms with van der Waals surface area (Å²) < 4.78 is 27.9. The highest BCUT2D eigenvalue weighted by atomic mass is 35.5. The lowest BCUT2D eigenvalue weighted by Gasteiger charge is -2.41. The van der Waals surface area contributed by atoms with Crippen molar-refractivity contribution in [3.05, 3.63) is 101 Å². The summed E-state index contributed by atoms with van der Waals surface area (Å²) in [6.45, 7) is 3.56. The van der Waals surface area contributed by atoms with Gasteiger partial charge in [0.25, 0.3) is 0 Å². The van der Waals surface area contributed by atoms with Gasteiger partial charge in [0.1, 0.15) is 0 Å². The minimum Gasteiger partial charge on any atom is -0.355 e. The van der Waals surface area contributed by atoms with Crippen LogP contribution in [0, 0.1) is 5.41 Å². The van der Waals surface area contributed by atoms with E-state index < -0.39 is 10.0 Å². The van der Waals surface area contributed by atoms with E-state index in [0.29, 0.717) is 23.0 Å². The number of carbonyl (C=O) groups is 1. The molecule has 3 aromatic carbocycles. The Labute approximate surface area is 237 Å². The van der Waals surface area contributed by atoms with Crippen LogP contribution in [-0.2, 0) is 14.8 Å². The first-order valence-electron chi connectivity index (χ1n) is 13.6. The van der Waals surface area contributed by atoms with Crippen molar-refractivity contribution in [2.45, 2.75) is 36.0 Å². The standard InChI is InChI=1S/C31H36ClN3O3S/c1-34(39(37,38)28-13-6-3-7-14-28)23-26(25-11-8-12-27(32)21-25)15-18-35-19-16-31(17-20-35)29(22-33-30(31)36)24-9-4-2-5-10-24/h2-14,21,26,29H,15-20,22-23H2,1H3,(H,33,36)/t26-,29?/m1/s1. The van der Waals surface area contributed by atoms with E-state index in [1.54, 1.807) is 31.3 Å². The van der Waals surface area contributed by atoms with Gasteiger partial charge in [-0.1, -0.05) is 72.3 Å². The van der Waals surface area contributed by atoms with Crippen molar-refractivity contribution >= 4 is 27.5 Å². The second kappa shape index (κ2) is 11.8. The van der Waals surface area contributed by atoms with Gasteiger partial charge in [-0.2, -0.15) is 0 Å². The molecule has 2 fully saturated rings. The Bertz CT molecular complexity index is 1380. The van der Waals surface area contributed by atoms with Crippen LogP contribution in [-0.4, -0.2) is 63.3 Å². The molecule has 0 aliphatic carbocycles. The van der Waals surface area contributed by atoms with Crippen molar-refractivity contribution in [2.24, 2.45) is 5.41 Å². The van der Waals surface area contributed by atoms with Crippen LogP contribution in [0.5, 0.6) is 0 Å². The molecule has 3 aromatic rings. The van der Waals surface area contributed by atoms with Crippen LogP contribution in [0.25, 0.3) is 0 Å². The number of halogens is 1. The quantitative estimate of drug-likeness (QED) is 0.390. The molecule has 0 saturated carbocycles. The van der Waals surface area contributed by atoms with Gasteiger partial charge in [-0.3, -0.25) is 4.79 Å². The zero-order valence-corrected chi connectivity index (χ0v) is 23.9. The number of likely N-dealkylation sites (N-methyl/N-ethyl adjacent to an activating group) is 1. The number of rotatable bonds is 9. The number of nitrogens with one attached hydrogen (secondary N) is 1. The van der Waals surface area contributed by atoms with E-state index in [0.717, 1.165) is 44.5 Å². The molecule has 1 N–H and O–H groups in total. The fourth-order valence-electron chi connectivity index (χ4n) is 6.24. The summed E-state index contributed by atoms with van der Waals surface area (Å²) >= 11 is 6.33. The Morgan fingerprint density at radius 3 is 2.33 bits per heavy atom. The van der Waals surface area contributed by atoms with E-state index in [1.807, 2.05) is 48.5 Å². The summed E-state index contributed by atoms with van der Waals surface area (Å²) in [5.74, 6) is 0.361. The predicted octanol–water partition coefficient (Wildman–Crippen LogP) is 5.13. The molecule has 8 heteroatoms. The number of piperidine rings is 1. The Hall–Kier alpha value is -2.71. The SMILES string of the molecule is CN(C[C@@H](CCN1CCC2(CC1)C(=O)NCC2c1ccccc1)c1cccc(Cl)c1)S(=O)(=O)c1ccccc1. The number of carbonyl (C=O) groups excluding carboxylic acids is 1. The molecule has 2 aliphatic rings. The van der Waals surface area contributed by atoms with Crippen molar-refractivity contribution in [3.63, 3.8) is 0 Å². The van der Waals surface area contributed by atoms with Crippen LogP contribution < -0.4 is 5.32 Å². The normalized spacial score (nSPS) is 20.3. The van der Waals surface area contributed by atoms with Gasteiger partial charge in [-0.25, -0.2) is 12.7 Å². The number of likely N-dealkylation sites (tertiary alicyclic amines) is 1. The van der Waals surface area contributed by atoms with Crippen LogP contribution in [0.3, 0.4) is 0 Å². The molecule has 0 radical (unpaired) electrons. The molecule has 5 rings (SSSR count). The van der Waals surface area contributed by atoms with Crippen molar-refractivity contribution < 1.29 is 13.2 Å². The maximum atomic E-state index is 13.2. The Kier molecular flexibility index (Phi) is 8.43. The zero-order chi connectivity index (χ0) is 27.5. The number of amides is 1. The van der Waals surface area contributed by atoms with Crippen LogP contribution in [0.4, 0.5) is 0 Å². The lowest BCUT2D eigenvalue weighted by atomic mass is 9.68. The van der Waals surface area contributed by atoms with Gasteiger partial charge in [-0.05, 0) is 80.2 Å². The van der Waals surface area contributed by atoms with Crippen molar-refractivity contribution in [1.29, 1.82) is 0 Å². The van der Waals surface area contributed by atoms with E-state index in [4.69, 9.17) is 11.6 Å². The number of nitrogens with zero attached hydrogens (tertiary/aromatic N) is 2. The largest absolute Gasteiger partial charge is 0.355 e. The molecule has 1 unspecified atom stereocenters. The zero-order valence-electron chi connectivity index (χ0n) is 22.3. The van der Waals surface area contributed by atoms with Crippen LogP contribution in [0.1, 0.15) is 42.2 Å². The third-order valence-corrected chi connectivity index (χ3v) is 10.7. The van der Waals surface area contributed by atoms with Crippen LogP contribution in [0.2, 0.25) is 5.02 Å². The predicted molar refractivity (Wildman–Crippen MR) is 155 cm³/mol. The summed E-state index contributed by atoms with van der Waals surface area (Å²) in [5.41, 5.74) is 1.91. The van der Waals surface area contributed by atoms with Gasteiger partial charge in [0.2, 0.25) is 15.9 Å². The fourth-order valence-corrected chi connectivity index (χ4v) is 7.68. The summed E-state index contributed by atoms with van der Waals surface area (Å²) in [6.07, 6.45) is 2.43. The van der Waals surface area contributed by atoms with E-state index >= 15 is 0 Å². The number of hydrogen-bond donors (Lipinski definition) is 1. The minimum atomic E-state index is -3.61. The third kappa shape index (κ3) is 5.92. The smallest absolute Gasteiger partial charge is 0.242 e. The van der Waals surface area contributed by atoms with Gasteiger partial charge in [0.05, 0.1) is 10.3 Å². The van der Waals surface area contributed by atoms with Gasteiger partial charge in [0, 0.05) is 31.1 Å². The van der Waals surface area contributed by atoms with Gasteiger partial charge >= 0.3 is 0 Å². The first-order chi connectivity index (χ1) is 18.8. The highest BCUT2D eigenvalue weighted by Crippen LogP contribution is 2.47. The third-order valence-electron chi connectivity index (χ3n) is 8.58. The highest BCUT2D eigenvalue weighted by Gasteiger charge is 2.51. The average molecular weight is 566 g/mol. The number of sulfonamides is 1. The van der Waals surface area contributed by atoms with Crippen molar-refractivity contribution in [2.75, 3.05) is 39.8 Å². The molecule has 206 valence electrons. The van der Waals surface area contributed by atoms with E-state index in [1.165, 1.54) is 9.87 Å². The van der Waals surface area contributed by atoms with Crippen LogP contribution in [0.15, 0.2) is 89.8 Å². The first kappa shape index (κ1) is 27.8. The van der Waals surface area contributed by atoms with Gasteiger partial charge in [-0.15, -0.1) is 0 Å². The summed E-state index contributed by atoms with van der Waals surface area (Å²) in [6, 6.07) is 26.7. The Balaban J connectivity index is 1.27. The first-order valence-corrected chi connectivity index (χ1v) is 15.4. The minimum absolute atomic E-state index is 0.0186. The maximum Gasteiger partial charge on any atom is 0.242 e. The molecule has 2 heterocycles. The number of benzene rings is 3. The molecular formula is C31H36ClN3O3S. The van der Waals surface area contributed by atoms with Gasteiger partial charge in [0.15, 0.2) is 0 Å². The second-order valence-corrected chi connectivity index (χ2v) is 13.3. The molecule has 39 heavy (non-hydrogen) atoms. The lowest BCUT2D eigenvalue weighted by molar-refractivity contribution is -0.130. The van der Waals surface area contributed by atoms with E-state index in [2.05, 4.69) is 22.3 Å². The molecule has 6 nitrogen and oxygen atoms in total. The number of hydrogen-bond acceptors (Lipinski definition) is 4. The topological polar surface area (TPSA) is 69.7 Å². The second-order valence-electron chi connectivity index (χ2n) is 10.8. The monoisotopic (exact) mass is 565 g/mol. The molecule has 1 amide bonds. The van der Waals surface area contributed by atoms with Crippen molar-refractivity contribution in [3.8, 4) is 0 Å². The molecule has 2 atom stereocenters. The van der Waals surface area contributed by atoms with E-state index in [-0.39, 0.29) is 23.2 Å². The maximum absolute atomic E-state index is 13.2. The molecular weight excluding hydrogens is 530 g/mol. The highest BCUT2D eigenvalue weighted by molar-refractivity contribution is 7.89.